The molecule has 0 spiro atoms. The first-order chi connectivity index (χ1) is 12.7. The number of piperidine rings is 1. The van der Waals surface area contributed by atoms with Crippen LogP contribution < -0.4 is 0 Å². The first kappa shape index (κ1) is 16.8. The van der Waals surface area contributed by atoms with Crippen LogP contribution in [0.15, 0.2) is 48.5 Å². The molecule has 1 fully saturated rings. The lowest BCUT2D eigenvalue weighted by Gasteiger charge is -2.41. The molecule has 2 aromatic carbocycles. The van der Waals surface area contributed by atoms with Crippen LogP contribution >= 0.6 is 22.9 Å². The van der Waals surface area contributed by atoms with Crippen molar-refractivity contribution in [1.82, 2.24) is 12.7 Å². The minimum absolute atomic E-state index is 0.0238. The lowest BCUT2D eigenvalue weighted by molar-refractivity contribution is 0.220. The fourth-order valence-electron chi connectivity index (χ4n) is 5.12. The third-order valence-electron chi connectivity index (χ3n) is 6.56. The maximum Gasteiger partial charge on any atom is 0.120 e. The van der Waals surface area contributed by atoms with Crippen LogP contribution in [0.2, 0.25) is 0 Å². The van der Waals surface area contributed by atoms with Gasteiger partial charge in [-0.3, -0.25) is 0 Å². The molecule has 3 heterocycles. The van der Waals surface area contributed by atoms with Gasteiger partial charge in [0.2, 0.25) is 0 Å². The second-order valence-corrected chi connectivity index (χ2v) is 9.23. The average molecular weight is 457 g/mol. The zero-order valence-corrected chi connectivity index (χ0v) is 17.3. The van der Waals surface area contributed by atoms with Crippen molar-refractivity contribution < 1.29 is 0 Å². The molecule has 5 rings (SSSR count). The van der Waals surface area contributed by atoms with Crippen LogP contribution in [0.1, 0.15) is 36.7 Å². The number of rotatable bonds is 1. The Balaban J connectivity index is 1.76. The first-order valence-corrected chi connectivity index (χ1v) is 10.6. The van der Waals surface area contributed by atoms with E-state index in [9.17, 15) is 0 Å². The number of nitrogens with zero attached hydrogens (tertiary/aromatic N) is 3. The summed E-state index contributed by atoms with van der Waals surface area (Å²) in [7, 11) is 0. The van der Waals surface area contributed by atoms with Crippen molar-refractivity contribution in [3.63, 3.8) is 0 Å². The van der Waals surface area contributed by atoms with E-state index in [4.69, 9.17) is 4.98 Å². The molecule has 0 bridgehead atoms. The van der Waals surface area contributed by atoms with E-state index in [2.05, 4.69) is 86.0 Å². The summed E-state index contributed by atoms with van der Waals surface area (Å²) in [5, 5.41) is 0. The third kappa shape index (κ3) is 2.45. The highest BCUT2D eigenvalue weighted by atomic mass is 127. The lowest BCUT2D eigenvalue weighted by Crippen LogP contribution is -2.41. The Hall–Kier alpha value is -1.40. The van der Waals surface area contributed by atoms with E-state index in [0.717, 1.165) is 18.5 Å². The maximum atomic E-state index is 5.21. The first-order valence-electron chi connectivity index (χ1n) is 9.63. The van der Waals surface area contributed by atoms with Crippen molar-refractivity contribution in [2.24, 2.45) is 5.92 Å². The van der Waals surface area contributed by atoms with E-state index in [1.165, 1.54) is 48.4 Å². The Bertz CT molecular complexity index is 955. The average Bonchev–Trinajstić information content (AvgIpc) is 3.00. The van der Waals surface area contributed by atoms with Crippen LogP contribution in [0.25, 0.3) is 11.0 Å². The molecule has 2 aliphatic rings. The van der Waals surface area contributed by atoms with E-state index in [1.807, 2.05) is 0 Å². The normalized spacial score (nSPS) is 24.2. The van der Waals surface area contributed by atoms with Gasteiger partial charge < -0.3 is 4.57 Å². The summed E-state index contributed by atoms with van der Waals surface area (Å²) in [5.74, 6) is 1.90. The van der Waals surface area contributed by atoms with Gasteiger partial charge in [0.15, 0.2) is 0 Å². The van der Waals surface area contributed by atoms with Gasteiger partial charge in [-0.15, -0.1) is 0 Å². The zero-order valence-electron chi connectivity index (χ0n) is 15.2. The van der Waals surface area contributed by atoms with Gasteiger partial charge >= 0.3 is 0 Å². The fraction of sp³-hybridized carbons (Fsp3) is 0.409. The Morgan fingerprint density at radius 2 is 1.73 bits per heavy atom. The number of imidazole rings is 1. The highest BCUT2D eigenvalue weighted by Gasteiger charge is 2.44. The highest BCUT2D eigenvalue weighted by Crippen LogP contribution is 2.47. The lowest BCUT2D eigenvalue weighted by atomic mass is 9.66. The smallest absolute Gasteiger partial charge is 0.120 e. The number of benzene rings is 2. The SMILES string of the molecule is CC1(C2CCN(I)CC2)c2ccccc2CCn2c1nc1ccccc12. The van der Waals surface area contributed by atoms with E-state index < -0.39 is 0 Å². The van der Waals surface area contributed by atoms with Crippen LogP contribution in [0.4, 0.5) is 0 Å². The molecule has 1 saturated heterocycles. The molecular weight excluding hydrogens is 433 g/mol. The Morgan fingerprint density at radius 3 is 2.58 bits per heavy atom. The summed E-state index contributed by atoms with van der Waals surface area (Å²) in [6.45, 7) is 5.82. The van der Waals surface area contributed by atoms with Crippen LogP contribution in [-0.4, -0.2) is 25.8 Å². The monoisotopic (exact) mass is 457 g/mol. The summed E-state index contributed by atoms with van der Waals surface area (Å²) in [4.78, 5) is 5.21. The van der Waals surface area contributed by atoms with Gasteiger partial charge in [0, 0.05) is 42.5 Å². The molecule has 0 N–H and O–H groups in total. The van der Waals surface area contributed by atoms with Gasteiger partial charge in [-0.2, -0.15) is 0 Å². The third-order valence-corrected chi connectivity index (χ3v) is 7.52. The number of hydrogen-bond donors (Lipinski definition) is 0. The van der Waals surface area contributed by atoms with Crippen LogP contribution in [0.3, 0.4) is 0 Å². The van der Waals surface area contributed by atoms with Crippen molar-refractivity contribution in [3.8, 4) is 0 Å². The summed E-state index contributed by atoms with van der Waals surface area (Å²) in [5.41, 5.74) is 5.40. The number of aromatic nitrogens is 2. The summed E-state index contributed by atoms with van der Waals surface area (Å²) < 4.78 is 4.94. The molecular formula is C22H24IN3. The molecule has 3 nitrogen and oxygen atoms in total. The van der Waals surface area contributed by atoms with Gasteiger partial charge in [-0.1, -0.05) is 36.4 Å². The summed E-state index contributed by atoms with van der Waals surface area (Å²) in [6.07, 6.45) is 3.55. The molecule has 1 atom stereocenters. The van der Waals surface area contributed by atoms with Crippen LogP contribution in [0, 0.1) is 5.92 Å². The second kappa shape index (κ2) is 6.34. The van der Waals surface area contributed by atoms with Gasteiger partial charge in [0.1, 0.15) is 5.82 Å². The molecule has 0 radical (unpaired) electrons. The van der Waals surface area contributed by atoms with Crippen LogP contribution in [0.5, 0.6) is 0 Å². The molecule has 4 heteroatoms. The molecule has 0 saturated carbocycles. The van der Waals surface area contributed by atoms with Gasteiger partial charge in [-0.05, 0) is 55.4 Å². The predicted octanol–water partition coefficient (Wildman–Crippen LogP) is 4.96. The van der Waals surface area contributed by atoms with Crippen LogP contribution in [-0.2, 0) is 18.4 Å². The second-order valence-electron chi connectivity index (χ2n) is 7.87. The standard InChI is InChI=1S/C22H24IN3/c1-22(17-11-13-25(23)14-12-17)18-7-3-2-6-16(18)10-15-26-20-9-5-4-8-19(20)24-21(22)26/h2-9,17H,10-15H2,1H3. The van der Waals surface area contributed by atoms with Gasteiger partial charge in [0.05, 0.1) is 16.4 Å². The van der Waals surface area contributed by atoms with E-state index >= 15 is 0 Å². The van der Waals surface area contributed by atoms with Crippen molar-refractivity contribution in [1.29, 1.82) is 0 Å². The molecule has 3 aromatic rings. The quantitative estimate of drug-likeness (QED) is 0.381. The fourth-order valence-corrected chi connectivity index (χ4v) is 5.68. The molecule has 0 aliphatic carbocycles. The maximum absolute atomic E-state index is 5.21. The topological polar surface area (TPSA) is 21.1 Å². The number of fused-ring (bicyclic) bond motifs is 4. The van der Waals surface area contributed by atoms with Gasteiger partial charge in [0.25, 0.3) is 0 Å². The minimum atomic E-state index is -0.0238. The van der Waals surface area contributed by atoms with Crippen molar-refractivity contribution in [2.45, 2.75) is 38.1 Å². The molecule has 1 aromatic heterocycles. The zero-order chi connectivity index (χ0) is 17.7. The van der Waals surface area contributed by atoms with E-state index in [-0.39, 0.29) is 5.41 Å². The molecule has 26 heavy (non-hydrogen) atoms. The van der Waals surface area contributed by atoms with Gasteiger partial charge in [-0.25, -0.2) is 8.10 Å². The molecule has 1 unspecified atom stereocenters. The minimum Gasteiger partial charge on any atom is -0.327 e. The van der Waals surface area contributed by atoms with Crippen molar-refractivity contribution in [3.05, 3.63) is 65.5 Å². The number of halogens is 1. The number of hydrogen-bond acceptors (Lipinski definition) is 2. The summed E-state index contributed by atoms with van der Waals surface area (Å²) >= 11 is 2.47. The molecule has 134 valence electrons. The number of aryl methyl sites for hydroxylation is 2. The predicted molar refractivity (Wildman–Crippen MR) is 115 cm³/mol. The van der Waals surface area contributed by atoms with Crippen molar-refractivity contribution in [2.75, 3.05) is 13.1 Å². The van der Waals surface area contributed by atoms with Crippen molar-refractivity contribution >= 4 is 33.9 Å². The molecule has 2 aliphatic heterocycles. The molecule has 0 amide bonds. The number of para-hydroxylation sites is 2. The Labute approximate surface area is 168 Å². The van der Waals surface area contributed by atoms with E-state index in [0.29, 0.717) is 5.92 Å². The largest absolute Gasteiger partial charge is 0.327 e. The Morgan fingerprint density at radius 1 is 1.00 bits per heavy atom. The highest BCUT2D eigenvalue weighted by molar-refractivity contribution is 14.1. The Kier molecular flexibility index (Phi) is 4.09. The van der Waals surface area contributed by atoms with E-state index in [1.54, 1.807) is 0 Å². The summed E-state index contributed by atoms with van der Waals surface area (Å²) in [6, 6.07) is 17.7.